The van der Waals surface area contributed by atoms with E-state index in [1.54, 1.807) is 0 Å². The molecule has 1 aliphatic carbocycles. The van der Waals surface area contributed by atoms with Crippen LogP contribution in [-0.4, -0.2) is 48.2 Å². The summed E-state index contributed by atoms with van der Waals surface area (Å²) >= 11 is 0. The number of carbonyl (C=O) groups excluding carboxylic acids is 1. The Bertz CT molecular complexity index is 818. The van der Waals surface area contributed by atoms with Gasteiger partial charge in [0.15, 0.2) is 0 Å². The number of fused-ring (bicyclic) bond motifs is 2. The molecule has 0 radical (unpaired) electrons. The molecule has 1 unspecified atom stereocenters. The molecule has 2 aliphatic rings. The minimum Gasteiger partial charge on any atom is -1.00 e. The minimum absolute atomic E-state index is 0. The molecule has 0 amide bonds. The predicted octanol–water partition coefficient (Wildman–Crippen LogP) is 1.01. The molecule has 1 aromatic carbocycles. The summed E-state index contributed by atoms with van der Waals surface area (Å²) in [6.45, 7) is 6.87. The van der Waals surface area contributed by atoms with Crippen LogP contribution in [0, 0.1) is 5.92 Å². The number of nitrogens with one attached hydrogen (secondary N) is 1. The summed E-state index contributed by atoms with van der Waals surface area (Å²) in [6.07, 6.45) is 6.25. The summed E-state index contributed by atoms with van der Waals surface area (Å²) < 4.78 is 6.53. The number of likely N-dealkylation sites (N-methyl/N-ethyl adjacent to an activating group) is 1. The molecule has 4 nitrogen and oxygen atoms in total. The Hall–Kier alpha value is -1.08. The SMILES string of the molecule is CCCOC(=O)[C@@H]1C[C@@H]2c3cccc4[nH]cc(c34)C[C@H]2[N+](C)(CCC)C1.[I-]. The van der Waals surface area contributed by atoms with Crippen molar-refractivity contribution in [1.82, 2.24) is 4.98 Å². The standard InChI is InChI=1S/C22H31N2O2.HI/c1-4-9-24(3)14-16(22(25)26-10-5-2)11-18-17-7-6-8-19-21(17)15(13-23-19)12-20(18)24;/h6-8,13,16,18,20,23H,4-5,9-12,14H2,1-3H3;1H/q+1;/p-1/t16-,18-,20-,24?;/m1./s1. The Morgan fingerprint density at radius 3 is 2.85 bits per heavy atom. The average Bonchev–Trinajstić information content (AvgIpc) is 3.05. The van der Waals surface area contributed by atoms with E-state index in [0.717, 1.165) is 43.3 Å². The lowest BCUT2D eigenvalue weighted by atomic mass is 9.71. The van der Waals surface area contributed by atoms with Crippen molar-refractivity contribution in [3.63, 3.8) is 0 Å². The van der Waals surface area contributed by atoms with Gasteiger partial charge in [0.05, 0.1) is 32.8 Å². The van der Waals surface area contributed by atoms with E-state index in [-0.39, 0.29) is 35.9 Å². The third kappa shape index (κ3) is 3.53. The second-order valence-electron chi connectivity index (χ2n) is 8.45. The average molecular weight is 482 g/mol. The number of rotatable bonds is 5. The number of quaternary nitrogens is 1. The lowest BCUT2D eigenvalue weighted by Crippen LogP contribution is -3.00. The van der Waals surface area contributed by atoms with E-state index in [0.29, 0.717) is 18.6 Å². The van der Waals surface area contributed by atoms with Gasteiger partial charge in [-0.25, -0.2) is 0 Å². The van der Waals surface area contributed by atoms with Gasteiger partial charge in [-0.3, -0.25) is 4.79 Å². The topological polar surface area (TPSA) is 42.1 Å². The van der Waals surface area contributed by atoms with Crippen LogP contribution in [0.4, 0.5) is 0 Å². The highest BCUT2D eigenvalue weighted by molar-refractivity contribution is 5.88. The van der Waals surface area contributed by atoms with Crippen LogP contribution in [0.2, 0.25) is 0 Å². The molecule has 1 aliphatic heterocycles. The van der Waals surface area contributed by atoms with Crippen LogP contribution in [0.1, 0.15) is 50.2 Å². The van der Waals surface area contributed by atoms with Gasteiger partial charge in [-0.15, -0.1) is 0 Å². The summed E-state index contributed by atoms with van der Waals surface area (Å²) in [6, 6.07) is 7.16. The molecule has 0 bridgehead atoms. The van der Waals surface area contributed by atoms with Crippen molar-refractivity contribution < 1.29 is 38.0 Å². The van der Waals surface area contributed by atoms with Crippen LogP contribution in [-0.2, 0) is 16.0 Å². The first-order chi connectivity index (χ1) is 12.6. The van der Waals surface area contributed by atoms with Crippen molar-refractivity contribution in [2.45, 2.75) is 51.5 Å². The Morgan fingerprint density at radius 2 is 2.11 bits per heavy atom. The molecule has 5 heteroatoms. The number of piperidine rings is 1. The molecule has 148 valence electrons. The molecule has 4 atom stereocenters. The quantitative estimate of drug-likeness (QED) is 0.393. The van der Waals surface area contributed by atoms with Gasteiger partial charge in [-0.2, -0.15) is 0 Å². The number of likely N-dealkylation sites (tertiary alicyclic amines) is 1. The molecule has 27 heavy (non-hydrogen) atoms. The van der Waals surface area contributed by atoms with E-state index < -0.39 is 0 Å². The zero-order valence-corrected chi connectivity index (χ0v) is 18.8. The normalized spacial score (nSPS) is 29.1. The summed E-state index contributed by atoms with van der Waals surface area (Å²) in [5.41, 5.74) is 4.11. The Morgan fingerprint density at radius 1 is 1.30 bits per heavy atom. The lowest BCUT2D eigenvalue weighted by molar-refractivity contribution is -0.942. The van der Waals surface area contributed by atoms with Crippen molar-refractivity contribution in [2.24, 2.45) is 5.92 Å². The number of nitrogens with zero attached hydrogens (tertiary/aromatic N) is 1. The lowest BCUT2D eigenvalue weighted by Gasteiger charge is -2.52. The molecule has 2 heterocycles. The van der Waals surface area contributed by atoms with Crippen molar-refractivity contribution in [1.29, 1.82) is 0 Å². The molecule has 1 fully saturated rings. The molecule has 1 N–H and O–H groups in total. The van der Waals surface area contributed by atoms with E-state index >= 15 is 0 Å². The van der Waals surface area contributed by atoms with Crippen molar-refractivity contribution in [2.75, 3.05) is 26.7 Å². The van der Waals surface area contributed by atoms with E-state index in [2.05, 4.69) is 50.3 Å². The van der Waals surface area contributed by atoms with Crippen LogP contribution in [0.3, 0.4) is 0 Å². The number of H-pyrrole nitrogens is 1. The van der Waals surface area contributed by atoms with Gasteiger partial charge >= 0.3 is 5.97 Å². The third-order valence-electron chi connectivity index (χ3n) is 6.61. The number of aromatic amines is 1. The van der Waals surface area contributed by atoms with Crippen LogP contribution < -0.4 is 24.0 Å². The van der Waals surface area contributed by atoms with Gasteiger partial charge in [0, 0.05) is 29.4 Å². The third-order valence-corrected chi connectivity index (χ3v) is 6.61. The van der Waals surface area contributed by atoms with Crippen molar-refractivity contribution >= 4 is 16.9 Å². The number of ether oxygens (including phenoxy) is 1. The maximum atomic E-state index is 12.7. The Labute approximate surface area is 179 Å². The minimum atomic E-state index is 0. The highest BCUT2D eigenvalue weighted by Crippen LogP contribution is 2.47. The second kappa shape index (κ2) is 8.11. The van der Waals surface area contributed by atoms with Crippen LogP contribution in [0.15, 0.2) is 24.4 Å². The maximum absolute atomic E-state index is 12.7. The highest BCUT2D eigenvalue weighted by atomic mass is 127. The largest absolute Gasteiger partial charge is 1.00 e. The number of halogens is 1. The van der Waals surface area contributed by atoms with Crippen LogP contribution in [0.25, 0.3) is 10.9 Å². The monoisotopic (exact) mass is 482 g/mol. The fraction of sp³-hybridized carbons (Fsp3) is 0.591. The summed E-state index contributed by atoms with van der Waals surface area (Å²) in [5, 5.41) is 1.40. The number of hydrogen-bond acceptors (Lipinski definition) is 2. The van der Waals surface area contributed by atoms with Gasteiger partial charge in [-0.1, -0.05) is 26.0 Å². The van der Waals surface area contributed by atoms with Crippen molar-refractivity contribution in [3.05, 3.63) is 35.5 Å². The van der Waals surface area contributed by atoms with Gasteiger partial charge in [0.1, 0.15) is 5.92 Å². The van der Waals surface area contributed by atoms with E-state index in [9.17, 15) is 4.79 Å². The fourth-order valence-corrected chi connectivity index (χ4v) is 5.55. The second-order valence-corrected chi connectivity index (χ2v) is 8.45. The molecule has 4 rings (SSSR count). The van der Waals surface area contributed by atoms with E-state index in [4.69, 9.17) is 4.74 Å². The number of esters is 1. The molecular weight excluding hydrogens is 451 g/mol. The van der Waals surface area contributed by atoms with Gasteiger partial charge in [0.2, 0.25) is 0 Å². The molecular formula is C22H31IN2O2. The zero-order valence-electron chi connectivity index (χ0n) is 16.6. The number of carbonyl (C=O) groups is 1. The highest BCUT2D eigenvalue weighted by Gasteiger charge is 2.50. The molecule has 1 aromatic heterocycles. The first-order valence-electron chi connectivity index (χ1n) is 10.2. The molecule has 1 saturated heterocycles. The number of benzene rings is 1. The first-order valence-corrected chi connectivity index (χ1v) is 10.2. The van der Waals surface area contributed by atoms with Crippen molar-refractivity contribution in [3.8, 4) is 0 Å². The Kier molecular flexibility index (Phi) is 6.21. The predicted molar refractivity (Wildman–Crippen MR) is 104 cm³/mol. The van der Waals surface area contributed by atoms with Gasteiger partial charge in [-0.05, 0) is 36.5 Å². The van der Waals surface area contributed by atoms with Crippen LogP contribution in [0.5, 0.6) is 0 Å². The zero-order chi connectivity index (χ0) is 18.3. The maximum Gasteiger partial charge on any atom is 0.314 e. The Balaban J connectivity index is 0.00000210. The first kappa shape index (κ1) is 20.6. The van der Waals surface area contributed by atoms with E-state index in [1.165, 1.54) is 22.0 Å². The molecule has 0 spiro atoms. The van der Waals surface area contributed by atoms with Gasteiger partial charge < -0.3 is 38.2 Å². The number of hydrogen-bond donors (Lipinski definition) is 1. The summed E-state index contributed by atoms with van der Waals surface area (Å²) in [4.78, 5) is 16.2. The smallest absolute Gasteiger partial charge is 0.314 e. The van der Waals surface area contributed by atoms with Crippen LogP contribution >= 0.6 is 0 Å². The summed E-state index contributed by atoms with van der Waals surface area (Å²) in [5.74, 6) is 0.458. The van der Waals surface area contributed by atoms with E-state index in [1.807, 2.05) is 0 Å². The molecule has 0 saturated carbocycles. The number of aromatic nitrogens is 1. The van der Waals surface area contributed by atoms with Gasteiger partial charge in [0.25, 0.3) is 0 Å². The molecule has 2 aromatic rings. The fourth-order valence-electron chi connectivity index (χ4n) is 5.55. The summed E-state index contributed by atoms with van der Waals surface area (Å²) in [7, 11) is 2.36.